The van der Waals surface area contributed by atoms with Gasteiger partial charge >= 0.3 is 0 Å². The second-order valence-corrected chi connectivity index (χ2v) is 9.13. The Bertz CT molecular complexity index is 1070. The number of nitrogens with one attached hydrogen (secondary N) is 1. The molecule has 3 nitrogen and oxygen atoms in total. The van der Waals surface area contributed by atoms with Gasteiger partial charge in [0, 0.05) is 21.8 Å². The fourth-order valence-corrected chi connectivity index (χ4v) is 5.12. The summed E-state index contributed by atoms with van der Waals surface area (Å²) < 4.78 is 0. The lowest BCUT2D eigenvalue weighted by molar-refractivity contribution is 0.102. The predicted molar refractivity (Wildman–Crippen MR) is 123 cm³/mol. The number of para-hydroxylation sites is 1. The first-order valence-corrected chi connectivity index (χ1v) is 11.0. The van der Waals surface area contributed by atoms with Crippen LogP contribution in [0.25, 0.3) is 0 Å². The van der Waals surface area contributed by atoms with E-state index in [9.17, 15) is 4.79 Å². The summed E-state index contributed by atoms with van der Waals surface area (Å²) >= 11 is 7.62. The van der Waals surface area contributed by atoms with Crippen molar-refractivity contribution in [3.8, 4) is 0 Å². The zero-order valence-corrected chi connectivity index (χ0v) is 18.1. The average molecular weight is 423 g/mol. The van der Waals surface area contributed by atoms with Gasteiger partial charge in [0.15, 0.2) is 0 Å². The normalized spacial score (nSPS) is 16.0. The van der Waals surface area contributed by atoms with Crippen LogP contribution >= 0.6 is 22.9 Å². The van der Waals surface area contributed by atoms with E-state index in [4.69, 9.17) is 16.6 Å². The van der Waals surface area contributed by atoms with Crippen molar-refractivity contribution in [1.29, 1.82) is 0 Å². The lowest BCUT2D eigenvalue weighted by Gasteiger charge is -2.18. The lowest BCUT2D eigenvalue weighted by Crippen LogP contribution is -2.17. The monoisotopic (exact) mass is 422 g/mol. The molecule has 0 bridgehead atoms. The number of hydrogen-bond acceptors (Lipinski definition) is 3. The summed E-state index contributed by atoms with van der Waals surface area (Å²) in [5, 5.41) is 4.57. The predicted octanol–water partition coefficient (Wildman–Crippen LogP) is 6.84. The Morgan fingerprint density at radius 3 is 2.72 bits per heavy atom. The number of rotatable bonds is 4. The van der Waals surface area contributed by atoms with E-state index in [1.807, 2.05) is 61.7 Å². The first-order valence-electron chi connectivity index (χ1n) is 9.82. The molecule has 0 aliphatic heterocycles. The molecule has 148 valence electrons. The van der Waals surface area contributed by atoms with Gasteiger partial charge in [-0.1, -0.05) is 48.9 Å². The van der Waals surface area contributed by atoms with E-state index < -0.39 is 0 Å². The Hall–Kier alpha value is -2.43. The molecule has 0 radical (unpaired) electrons. The summed E-state index contributed by atoms with van der Waals surface area (Å²) in [6, 6.07) is 15.4. The highest BCUT2D eigenvalue weighted by molar-refractivity contribution is 7.16. The Kier molecular flexibility index (Phi) is 5.84. The molecule has 0 fully saturated rings. The highest BCUT2D eigenvalue weighted by atomic mass is 35.5. The van der Waals surface area contributed by atoms with Gasteiger partial charge in [-0.15, -0.1) is 11.3 Å². The van der Waals surface area contributed by atoms with Gasteiger partial charge in [-0.3, -0.25) is 4.79 Å². The van der Waals surface area contributed by atoms with E-state index in [0.29, 0.717) is 10.9 Å². The van der Waals surface area contributed by atoms with Crippen molar-refractivity contribution < 1.29 is 4.79 Å². The quantitative estimate of drug-likeness (QED) is 0.459. The molecule has 3 aromatic rings. The molecular weight excluding hydrogens is 400 g/mol. The van der Waals surface area contributed by atoms with Gasteiger partial charge in [0.25, 0.3) is 5.91 Å². The molecule has 1 atom stereocenters. The van der Waals surface area contributed by atoms with Crippen LogP contribution in [-0.2, 0) is 12.8 Å². The number of aryl methyl sites for hydroxylation is 1. The van der Waals surface area contributed by atoms with Crippen molar-refractivity contribution in [1.82, 2.24) is 0 Å². The van der Waals surface area contributed by atoms with Crippen molar-refractivity contribution in [2.45, 2.75) is 33.1 Å². The molecule has 1 aromatic heterocycles. The van der Waals surface area contributed by atoms with Gasteiger partial charge in [0.05, 0.1) is 5.56 Å². The van der Waals surface area contributed by atoms with Crippen LogP contribution in [0.3, 0.4) is 0 Å². The summed E-state index contributed by atoms with van der Waals surface area (Å²) in [4.78, 5) is 19.3. The van der Waals surface area contributed by atoms with E-state index in [0.717, 1.165) is 46.6 Å². The Labute approximate surface area is 180 Å². The number of aliphatic imine (C=N–C) groups is 1. The molecule has 29 heavy (non-hydrogen) atoms. The van der Waals surface area contributed by atoms with E-state index in [2.05, 4.69) is 12.2 Å². The molecule has 0 saturated carbocycles. The summed E-state index contributed by atoms with van der Waals surface area (Å²) in [6.07, 6.45) is 4.86. The number of hydrogen-bond donors (Lipinski definition) is 1. The third kappa shape index (κ3) is 4.44. The maximum Gasteiger partial charge on any atom is 0.259 e. The SMILES string of the molecule is Cc1ccccc1NC(=O)c1c(N=Cc2ccc(Cl)cc2)sc2c1CCC(C)C2. The zero-order valence-electron chi connectivity index (χ0n) is 16.5. The van der Waals surface area contributed by atoms with Crippen molar-refractivity contribution in [3.05, 3.63) is 80.7 Å². The van der Waals surface area contributed by atoms with Gasteiger partial charge in [-0.25, -0.2) is 4.99 Å². The third-order valence-electron chi connectivity index (χ3n) is 5.31. The highest BCUT2D eigenvalue weighted by Crippen LogP contribution is 2.41. The Morgan fingerprint density at radius 1 is 1.21 bits per heavy atom. The van der Waals surface area contributed by atoms with Crippen molar-refractivity contribution in [2.75, 3.05) is 5.32 Å². The smallest absolute Gasteiger partial charge is 0.259 e. The van der Waals surface area contributed by atoms with E-state index in [1.165, 1.54) is 10.4 Å². The Morgan fingerprint density at radius 2 is 1.97 bits per heavy atom. The van der Waals surface area contributed by atoms with Crippen molar-refractivity contribution in [3.63, 3.8) is 0 Å². The second kappa shape index (κ2) is 8.52. The number of thiophene rings is 1. The van der Waals surface area contributed by atoms with Gasteiger partial charge in [0.1, 0.15) is 5.00 Å². The summed E-state index contributed by atoms with van der Waals surface area (Å²) in [7, 11) is 0. The summed E-state index contributed by atoms with van der Waals surface area (Å²) in [5.41, 5.74) is 4.74. The van der Waals surface area contributed by atoms with Crippen LogP contribution in [0.2, 0.25) is 5.02 Å². The highest BCUT2D eigenvalue weighted by Gasteiger charge is 2.27. The van der Waals surface area contributed by atoms with Gasteiger partial charge in [0.2, 0.25) is 0 Å². The zero-order chi connectivity index (χ0) is 20.4. The van der Waals surface area contributed by atoms with E-state index in [1.54, 1.807) is 11.3 Å². The van der Waals surface area contributed by atoms with Crippen LogP contribution in [0.15, 0.2) is 53.5 Å². The van der Waals surface area contributed by atoms with Crippen LogP contribution in [0.1, 0.15) is 45.3 Å². The molecule has 1 N–H and O–H groups in total. The molecule has 2 aromatic carbocycles. The lowest BCUT2D eigenvalue weighted by atomic mass is 9.88. The van der Waals surface area contributed by atoms with Crippen LogP contribution in [-0.4, -0.2) is 12.1 Å². The number of carbonyl (C=O) groups is 1. The maximum absolute atomic E-state index is 13.3. The largest absolute Gasteiger partial charge is 0.322 e. The van der Waals surface area contributed by atoms with Crippen molar-refractivity contribution >= 4 is 45.7 Å². The first-order chi connectivity index (χ1) is 14.0. The van der Waals surface area contributed by atoms with Gasteiger partial charge < -0.3 is 5.32 Å². The molecule has 0 saturated heterocycles. The number of carbonyl (C=O) groups excluding carboxylic acids is 1. The molecule has 1 amide bonds. The van der Waals surface area contributed by atoms with E-state index in [-0.39, 0.29) is 5.91 Å². The fourth-order valence-electron chi connectivity index (χ4n) is 3.64. The molecule has 5 heteroatoms. The minimum absolute atomic E-state index is 0.0744. The minimum atomic E-state index is -0.0744. The Balaban J connectivity index is 1.70. The number of anilines is 1. The summed E-state index contributed by atoms with van der Waals surface area (Å²) in [5.74, 6) is 0.566. The van der Waals surface area contributed by atoms with Gasteiger partial charge in [-0.05, 0) is 67.0 Å². The van der Waals surface area contributed by atoms with Crippen LogP contribution < -0.4 is 5.32 Å². The van der Waals surface area contributed by atoms with E-state index >= 15 is 0 Å². The van der Waals surface area contributed by atoms with Gasteiger partial charge in [-0.2, -0.15) is 0 Å². The van der Waals surface area contributed by atoms with Crippen molar-refractivity contribution in [2.24, 2.45) is 10.9 Å². The molecule has 1 heterocycles. The maximum atomic E-state index is 13.3. The van der Waals surface area contributed by atoms with Crippen LogP contribution in [0, 0.1) is 12.8 Å². The number of nitrogens with zero attached hydrogens (tertiary/aromatic N) is 1. The molecule has 1 unspecified atom stereocenters. The third-order valence-corrected chi connectivity index (χ3v) is 6.73. The summed E-state index contributed by atoms with van der Waals surface area (Å²) in [6.45, 7) is 4.27. The minimum Gasteiger partial charge on any atom is -0.322 e. The number of halogens is 1. The average Bonchev–Trinajstić information content (AvgIpc) is 3.06. The topological polar surface area (TPSA) is 41.5 Å². The molecule has 4 rings (SSSR count). The standard InChI is InChI=1S/C24H23ClN2OS/c1-15-7-12-19-21(13-15)29-24(26-14-17-8-10-18(25)11-9-17)22(19)23(28)27-20-6-4-3-5-16(20)2/h3-6,8-11,14-15H,7,12-13H2,1-2H3,(H,27,28). The van der Waals surface area contributed by atoms with Crippen LogP contribution in [0.4, 0.5) is 10.7 Å². The fraction of sp³-hybridized carbons (Fsp3) is 0.250. The second-order valence-electron chi connectivity index (χ2n) is 7.61. The molecule has 1 aliphatic rings. The number of benzene rings is 2. The number of amides is 1. The molecular formula is C24H23ClN2OS. The van der Waals surface area contributed by atoms with Crippen LogP contribution in [0.5, 0.6) is 0 Å². The molecule has 0 spiro atoms. The molecule has 1 aliphatic carbocycles. The first kappa shape index (κ1) is 19.9. The number of fused-ring (bicyclic) bond motifs is 1.